The molecule has 0 saturated heterocycles. The van der Waals surface area contributed by atoms with Gasteiger partial charge >= 0.3 is 29.6 Å². The van der Waals surface area contributed by atoms with Crippen molar-refractivity contribution < 1.29 is 39.0 Å². The standard InChI is InChI=1S/C11H10NO2P.Na/c13-15(14,10-6-2-1-3-7-10)11-8-4-5-9-12-11;/h1-9H,(H,13,14);/q;+1/p-1. The van der Waals surface area contributed by atoms with E-state index < -0.39 is 7.37 Å². The Bertz CT molecular complexity index is 446. The monoisotopic (exact) mass is 241 g/mol. The first kappa shape index (κ1) is 13.6. The molecule has 2 aromatic rings. The van der Waals surface area contributed by atoms with Crippen LogP contribution in [0.4, 0.5) is 0 Å². The third-order valence-corrected chi connectivity index (χ3v) is 3.89. The fourth-order valence-corrected chi connectivity index (χ4v) is 2.61. The molecule has 0 fully saturated rings. The zero-order valence-electron chi connectivity index (χ0n) is 8.91. The Morgan fingerprint density at radius 3 is 2.19 bits per heavy atom. The van der Waals surface area contributed by atoms with Crippen LogP contribution in [0, 0.1) is 0 Å². The summed E-state index contributed by atoms with van der Waals surface area (Å²) in [7, 11) is -3.76. The Morgan fingerprint density at radius 2 is 1.62 bits per heavy atom. The van der Waals surface area contributed by atoms with Crippen LogP contribution in [0.25, 0.3) is 0 Å². The van der Waals surface area contributed by atoms with Gasteiger partial charge in [-0.1, -0.05) is 36.4 Å². The molecule has 1 aromatic heterocycles. The second kappa shape index (κ2) is 5.76. The van der Waals surface area contributed by atoms with Crippen LogP contribution >= 0.6 is 7.37 Å². The van der Waals surface area contributed by atoms with Gasteiger partial charge < -0.3 is 9.46 Å². The normalized spacial score (nSPS) is 13.6. The Morgan fingerprint density at radius 1 is 1.00 bits per heavy atom. The van der Waals surface area contributed by atoms with Gasteiger partial charge in [0, 0.05) is 11.5 Å². The molecule has 16 heavy (non-hydrogen) atoms. The molecule has 1 heterocycles. The van der Waals surface area contributed by atoms with Crippen molar-refractivity contribution in [2.45, 2.75) is 0 Å². The second-order valence-corrected chi connectivity index (χ2v) is 5.15. The van der Waals surface area contributed by atoms with E-state index in [1.165, 1.54) is 12.3 Å². The van der Waals surface area contributed by atoms with Crippen LogP contribution < -0.4 is 45.2 Å². The number of aromatic nitrogens is 1. The number of pyridine rings is 1. The second-order valence-electron chi connectivity index (χ2n) is 3.07. The molecule has 1 atom stereocenters. The third kappa shape index (κ3) is 2.82. The van der Waals surface area contributed by atoms with E-state index in [1.807, 2.05) is 0 Å². The van der Waals surface area contributed by atoms with Crippen molar-refractivity contribution in [2.24, 2.45) is 0 Å². The first-order chi connectivity index (χ1) is 7.21. The predicted octanol–water partition coefficient (Wildman–Crippen LogP) is -2.33. The van der Waals surface area contributed by atoms with E-state index in [1.54, 1.807) is 42.5 Å². The Balaban J connectivity index is 0.00000128. The van der Waals surface area contributed by atoms with Crippen molar-refractivity contribution in [1.29, 1.82) is 0 Å². The van der Waals surface area contributed by atoms with Gasteiger partial charge in [0.2, 0.25) is 0 Å². The summed E-state index contributed by atoms with van der Waals surface area (Å²) in [6, 6.07) is 13.2. The summed E-state index contributed by atoms with van der Waals surface area (Å²) in [5.74, 6) is 0. The maximum absolute atomic E-state index is 12.0. The molecule has 0 aliphatic heterocycles. The molecule has 0 bridgehead atoms. The number of benzene rings is 1. The zero-order valence-corrected chi connectivity index (χ0v) is 11.8. The summed E-state index contributed by atoms with van der Waals surface area (Å²) >= 11 is 0. The van der Waals surface area contributed by atoms with Gasteiger partial charge in [-0.05, 0) is 12.1 Å². The van der Waals surface area contributed by atoms with Gasteiger partial charge in [0.25, 0.3) is 0 Å². The van der Waals surface area contributed by atoms with E-state index in [4.69, 9.17) is 0 Å². The minimum absolute atomic E-state index is 0. The molecule has 0 radical (unpaired) electrons. The molecule has 5 heteroatoms. The van der Waals surface area contributed by atoms with Crippen LogP contribution in [0.5, 0.6) is 0 Å². The molecule has 1 unspecified atom stereocenters. The molecule has 0 spiro atoms. The van der Waals surface area contributed by atoms with E-state index in [0.29, 0.717) is 5.30 Å². The minimum Gasteiger partial charge on any atom is -0.792 e. The summed E-state index contributed by atoms with van der Waals surface area (Å²) in [6.45, 7) is 0. The molecule has 0 N–H and O–H groups in total. The summed E-state index contributed by atoms with van der Waals surface area (Å²) < 4.78 is 12.0. The van der Waals surface area contributed by atoms with E-state index in [0.717, 1.165) is 0 Å². The molecule has 3 nitrogen and oxygen atoms in total. The van der Waals surface area contributed by atoms with Crippen molar-refractivity contribution in [3.05, 3.63) is 54.7 Å². The van der Waals surface area contributed by atoms with E-state index in [9.17, 15) is 9.46 Å². The predicted molar refractivity (Wildman–Crippen MR) is 57.6 cm³/mol. The molecule has 0 saturated carbocycles. The summed E-state index contributed by atoms with van der Waals surface area (Å²) in [6.07, 6.45) is 1.48. The van der Waals surface area contributed by atoms with Crippen LogP contribution in [0.2, 0.25) is 0 Å². The molecule has 0 aliphatic carbocycles. The van der Waals surface area contributed by atoms with Crippen molar-refractivity contribution in [1.82, 2.24) is 4.98 Å². The maximum atomic E-state index is 12.0. The van der Waals surface area contributed by atoms with Gasteiger partial charge in [-0.2, -0.15) is 0 Å². The Kier molecular flexibility index (Phi) is 4.90. The smallest absolute Gasteiger partial charge is 0.792 e. The van der Waals surface area contributed by atoms with Gasteiger partial charge in [0.15, 0.2) is 0 Å². The van der Waals surface area contributed by atoms with Crippen molar-refractivity contribution in [3.63, 3.8) is 0 Å². The van der Waals surface area contributed by atoms with E-state index >= 15 is 0 Å². The van der Waals surface area contributed by atoms with Gasteiger partial charge in [-0.15, -0.1) is 0 Å². The van der Waals surface area contributed by atoms with Gasteiger partial charge in [0.05, 0.1) is 12.8 Å². The molecule has 0 amide bonds. The van der Waals surface area contributed by atoms with Gasteiger partial charge in [-0.25, -0.2) is 0 Å². The fourth-order valence-electron chi connectivity index (χ4n) is 1.28. The largest absolute Gasteiger partial charge is 1.00 e. The molecular formula is C11H9NNaO2P. The van der Waals surface area contributed by atoms with Crippen molar-refractivity contribution in [2.75, 3.05) is 0 Å². The molecule has 0 aliphatic rings. The van der Waals surface area contributed by atoms with Crippen LogP contribution in [0.15, 0.2) is 54.7 Å². The maximum Gasteiger partial charge on any atom is 1.00 e. The minimum atomic E-state index is -3.76. The van der Waals surface area contributed by atoms with Gasteiger partial charge in [0.1, 0.15) is 0 Å². The van der Waals surface area contributed by atoms with Crippen molar-refractivity contribution >= 4 is 18.1 Å². The van der Waals surface area contributed by atoms with E-state index in [-0.39, 0.29) is 35.0 Å². The van der Waals surface area contributed by atoms with Gasteiger partial charge in [-0.3, -0.25) is 4.98 Å². The number of hydrogen-bond donors (Lipinski definition) is 0. The summed E-state index contributed by atoms with van der Waals surface area (Å²) in [4.78, 5) is 15.9. The first-order valence-corrected chi connectivity index (χ1v) is 6.12. The number of rotatable bonds is 2. The van der Waals surface area contributed by atoms with Crippen molar-refractivity contribution in [3.8, 4) is 0 Å². The SMILES string of the molecule is O=P([O-])(c1ccccc1)c1ccccn1.[Na+]. The molecule has 2 rings (SSSR count). The molecule has 1 aromatic carbocycles. The third-order valence-electron chi connectivity index (χ3n) is 2.05. The number of nitrogens with zero attached hydrogens (tertiary/aromatic N) is 1. The van der Waals surface area contributed by atoms with Crippen LogP contribution in [0.3, 0.4) is 0 Å². The molecular weight excluding hydrogens is 232 g/mol. The summed E-state index contributed by atoms with van der Waals surface area (Å²) in [5.41, 5.74) is 0.108. The molecule has 76 valence electrons. The average Bonchev–Trinajstić information content (AvgIpc) is 2.31. The first-order valence-electron chi connectivity index (χ1n) is 4.49. The topological polar surface area (TPSA) is 53.0 Å². The number of hydrogen-bond acceptors (Lipinski definition) is 3. The van der Waals surface area contributed by atoms with Crippen LogP contribution in [-0.2, 0) is 4.57 Å². The Hall–Kier alpha value is -0.440. The van der Waals surface area contributed by atoms with Crippen LogP contribution in [0.1, 0.15) is 0 Å². The zero-order chi connectivity index (χ0) is 10.7. The van der Waals surface area contributed by atoms with E-state index in [2.05, 4.69) is 4.98 Å². The fraction of sp³-hybridized carbons (Fsp3) is 0. The average molecular weight is 241 g/mol. The Labute approximate surface area is 116 Å². The quantitative estimate of drug-likeness (QED) is 0.438. The summed E-state index contributed by atoms with van der Waals surface area (Å²) in [5, 5.41) is 0.295. The van der Waals surface area contributed by atoms with Crippen LogP contribution in [-0.4, -0.2) is 4.98 Å².